The van der Waals surface area contributed by atoms with Crippen LogP contribution in [0.25, 0.3) is 50.8 Å². The molecule has 0 amide bonds. The summed E-state index contributed by atoms with van der Waals surface area (Å²) in [7, 11) is 1.67. The highest BCUT2D eigenvalue weighted by Gasteiger charge is 2.25. The van der Waals surface area contributed by atoms with Crippen LogP contribution in [0.1, 0.15) is 52.5 Å². The summed E-state index contributed by atoms with van der Waals surface area (Å²) in [6.07, 6.45) is 13.0. The first-order valence-electron chi connectivity index (χ1n) is 28.5. The third kappa shape index (κ3) is 13.6. The van der Waals surface area contributed by atoms with Gasteiger partial charge in [0, 0.05) is 128 Å². The highest BCUT2D eigenvalue weighted by atomic mass is 19.1. The molecule has 1 fully saturated rings. The minimum absolute atomic E-state index is 0.139. The van der Waals surface area contributed by atoms with Gasteiger partial charge in [-0.2, -0.15) is 5.10 Å². The topological polar surface area (TPSA) is 192 Å². The highest BCUT2D eigenvalue weighted by molar-refractivity contribution is 5.67. The Morgan fingerprint density at radius 2 is 0.933 bits per heavy atom. The zero-order valence-electron chi connectivity index (χ0n) is 50.7. The van der Waals surface area contributed by atoms with Gasteiger partial charge < -0.3 is 18.6 Å². The SMILES string of the molecule is COC1CCN(c2ccc(-n3c(C)nc(C)cc3=O)cc2F)C1.Cc1cc(=O)n(-c2ccc(-c3ccc4cncn4c3)c(F)c2)c(C)n1.Cc1cc(=O)n(-c2ccc(-n3cccc3)c(F)c2)c(C)n1.Cc1cc(=O)n(-c2ccc(-n3cccn3)c(F)c2)c(C)n1. The smallest absolute Gasteiger partial charge is 0.258 e. The molecule has 90 heavy (non-hydrogen) atoms. The molecule has 458 valence electrons. The first kappa shape index (κ1) is 62.1. The van der Waals surface area contributed by atoms with E-state index in [2.05, 4.69) is 30.0 Å². The lowest BCUT2D eigenvalue weighted by Crippen LogP contribution is -2.24. The molecule has 0 aliphatic carbocycles. The van der Waals surface area contributed by atoms with E-state index in [-0.39, 0.29) is 34.2 Å². The summed E-state index contributed by atoms with van der Waals surface area (Å²) in [5.41, 5.74) is 7.02. The van der Waals surface area contributed by atoms with Crippen LogP contribution in [-0.2, 0) is 4.74 Å². The molecule has 0 bridgehead atoms. The standard InChI is InChI=1S/C19H15FN4O.C17H20FN3O2.C16H14FN3O.C15H13FN4O/c1-12-7-19(25)24(13(2)22-12)15-5-6-17(18(20)8-15)14-3-4-16-9-21-11-23(16)10-14;1-11-8-17(22)21(12(2)19-11)13-4-5-16(15(18)9-13)20-7-6-14(10-20)23-3;1-11-9-16(21)20(12(2)18-11)13-5-6-15(14(17)10-13)19-7-3-4-8-19;1-10-8-15(21)20(11(2)18-10)12-4-5-14(13(16)9-12)19-7-3-6-17-19/h3-11H,1-2H3;4-5,8-9,14H,6-7,10H2,1-3H3;3-10H,1-2H3;3-9H,1-2H3. The van der Waals surface area contributed by atoms with Crippen LogP contribution in [0.5, 0.6) is 0 Å². The Bertz CT molecular complexity index is 4720. The number of anilines is 1. The van der Waals surface area contributed by atoms with Crippen LogP contribution >= 0.6 is 0 Å². The fourth-order valence-electron chi connectivity index (χ4n) is 10.8. The Kier molecular flexibility index (Phi) is 18.3. The van der Waals surface area contributed by atoms with E-state index >= 15 is 0 Å². The van der Waals surface area contributed by atoms with Crippen LogP contribution in [-0.4, -0.2) is 88.2 Å². The molecule has 0 spiro atoms. The molecule has 0 radical (unpaired) electrons. The van der Waals surface area contributed by atoms with Crippen molar-refractivity contribution in [2.24, 2.45) is 0 Å². The third-order valence-electron chi connectivity index (χ3n) is 14.8. The van der Waals surface area contributed by atoms with Crippen LogP contribution < -0.4 is 27.1 Å². The van der Waals surface area contributed by atoms with E-state index in [1.54, 1.807) is 159 Å². The van der Waals surface area contributed by atoms with E-state index in [1.807, 2.05) is 39.8 Å². The Hall–Kier alpha value is -10.9. The number of fused-ring (bicyclic) bond motifs is 1. The number of imidazole rings is 1. The van der Waals surface area contributed by atoms with Gasteiger partial charge in [-0.05, 0) is 141 Å². The van der Waals surface area contributed by atoms with Gasteiger partial charge in [0.15, 0.2) is 5.82 Å². The lowest BCUT2D eigenvalue weighted by molar-refractivity contribution is 0.121. The number of methoxy groups -OCH3 is 1. The normalized spacial score (nSPS) is 12.7. The first-order chi connectivity index (χ1) is 43.1. The molecule has 1 aliphatic heterocycles. The van der Waals surface area contributed by atoms with E-state index in [0.717, 1.165) is 24.0 Å². The summed E-state index contributed by atoms with van der Waals surface area (Å²) < 4.78 is 73.7. The van der Waals surface area contributed by atoms with Crippen molar-refractivity contribution in [2.45, 2.75) is 67.9 Å². The molecule has 0 saturated carbocycles. The third-order valence-corrected chi connectivity index (χ3v) is 14.8. The number of hydrogen-bond acceptors (Lipinski definition) is 12. The number of nitrogens with zero attached hydrogens (tertiary/aromatic N) is 14. The Balaban J connectivity index is 0.000000132. The minimum atomic E-state index is -0.455. The van der Waals surface area contributed by atoms with Crippen molar-refractivity contribution in [3.8, 4) is 45.3 Å². The minimum Gasteiger partial charge on any atom is -0.380 e. The maximum atomic E-state index is 14.7. The van der Waals surface area contributed by atoms with Gasteiger partial charge in [0.05, 0.1) is 58.3 Å². The van der Waals surface area contributed by atoms with E-state index < -0.39 is 17.5 Å². The van der Waals surface area contributed by atoms with Crippen molar-refractivity contribution in [3.05, 3.63) is 282 Å². The van der Waals surface area contributed by atoms with E-state index in [1.165, 1.54) is 71.5 Å². The monoisotopic (exact) mass is 1220 g/mol. The van der Waals surface area contributed by atoms with Crippen molar-refractivity contribution in [2.75, 3.05) is 25.1 Å². The average molecular weight is 1220 g/mol. The van der Waals surface area contributed by atoms with Crippen LogP contribution in [0.3, 0.4) is 0 Å². The Labute approximate surface area is 513 Å². The quantitative estimate of drug-likeness (QED) is 0.124. The molecule has 9 heterocycles. The van der Waals surface area contributed by atoms with Crippen molar-refractivity contribution in [1.82, 2.24) is 61.9 Å². The van der Waals surface area contributed by atoms with Crippen molar-refractivity contribution >= 4 is 11.2 Å². The van der Waals surface area contributed by atoms with Crippen molar-refractivity contribution < 1.29 is 22.3 Å². The summed E-state index contributed by atoms with van der Waals surface area (Å²) in [5, 5.41) is 3.99. The first-order valence-corrected chi connectivity index (χ1v) is 28.5. The number of hydrogen-bond donors (Lipinski definition) is 0. The van der Waals surface area contributed by atoms with Gasteiger partial charge in [-0.3, -0.25) is 37.4 Å². The molecule has 0 N–H and O–H groups in total. The molecule has 19 nitrogen and oxygen atoms in total. The van der Waals surface area contributed by atoms with Crippen molar-refractivity contribution in [1.29, 1.82) is 0 Å². The summed E-state index contributed by atoms with van der Waals surface area (Å²) in [5.74, 6) is 0.535. The van der Waals surface area contributed by atoms with Gasteiger partial charge in [0.25, 0.3) is 22.2 Å². The highest BCUT2D eigenvalue weighted by Crippen LogP contribution is 2.28. The number of benzene rings is 4. The lowest BCUT2D eigenvalue weighted by atomic mass is 10.1. The van der Waals surface area contributed by atoms with Crippen molar-refractivity contribution in [3.63, 3.8) is 0 Å². The number of ether oxygens (including phenoxy) is 1. The van der Waals surface area contributed by atoms with Gasteiger partial charge in [-0.25, -0.2) is 47.2 Å². The number of halogens is 4. The van der Waals surface area contributed by atoms with Gasteiger partial charge in [0.1, 0.15) is 46.4 Å². The van der Waals surface area contributed by atoms with Gasteiger partial charge in [-0.15, -0.1) is 0 Å². The molecular formula is C67H62F4N14O5. The second-order valence-corrected chi connectivity index (χ2v) is 21.3. The molecule has 13 rings (SSSR count). The van der Waals surface area contributed by atoms with Crippen LogP contribution in [0, 0.1) is 78.7 Å². The predicted molar refractivity (Wildman–Crippen MR) is 335 cm³/mol. The maximum absolute atomic E-state index is 14.7. The fourth-order valence-corrected chi connectivity index (χ4v) is 10.8. The number of rotatable bonds is 9. The molecule has 23 heteroatoms. The summed E-state index contributed by atoms with van der Waals surface area (Å²) >= 11 is 0. The number of aromatic nitrogens is 13. The largest absolute Gasteiger partial charge is 0.380 e. The predicted octanol–water partition coefficient (Wildman–Crippen LogP) is 10.5. The zero-order valence-corrected chi connectivity index (χ0v) is 50.7. The van der Waals surface area contributed by atoms with Gasteiger partial charge >= 0.3 is 0 Å². The molecule has 4 aromatic carbocycles. The summed E-state index contributed by atoms with van der Waals surface area (Å²) in [6, 6.07) is 33.7. The van der Waals surface area contributed by atoms with E-state index in [0.29, 0.717) is 98.0 Å². The van der Waals surface area contributed by atoms with E-state index in [9.17, 15) is 36.7 Å². The molecule has 1 unspecified atom stereocenters. The second kappa shape index (κ2) is 26.6. The Morgan fingerprint density at radius 1 is 0.489 bits per heavy atom. The molecule has 1 atom stereocenters. The van der Waals surface area contributed by atoms with Crippen LogP contribution in [0.15, 0.2) is 190 Å². The molecule has 1 aliphatic rings. The van der Waals surface area contributed by atoms with Crippen LogP contribution in [0.2, 0.25) is 0 Å². The molecule has 8 aromatic heterocycles. The molecule has 12 aromatic rings. The lowest BCUT2D eigenvalue weighted by Gasteiger charge is -2.20. The Morgan fingerprint density at radius 3 is 1.34 bits per heavy atom. The van der Waals surface area contributed by atoms with Gasteiger partial charge in [-0.1, -0.05) is 6.07 Å². The number of aryl methyl sites for hydroxylation is 8. The number of pyridine rings is 1. The van der Waals surface area contributed by atoms with Crippen LogP contribution in [0.4, 0.5) is 23.2 Å². The van der Waals surface area contributed by atoms with E-state index in [4.69, 9.17) is 4.74 Å². The second-order valence-electron chi connectivity index (χ2n) is 21.3. The maximum Gasteiger partial charge on any atom is 0.258 e. The molecular weight excluding hydrogens is 1160 g/mol. The summed E-state index contributed by atoms with van der Waals surface area (Å²) in [6.45, 7) is 15.4. The average Bonchev–Trinajstić information content (AvgIpc) is 1.17. The zero-order chi connectivity index (χ0) is 64.1. The fraction of sp³-hybridized carbons (Fsp3) is 0.194. The molecule has 1 saturated heterocycles. The van der Waals surface area contributed by atoms with Gasteiger partial charge in [0.2, 0.25) is 0 Å². The summed E-state index contributed by atoms with van der Waals surface area (Å²) in [4.78, 5) is 71.6.